The molecule has 2 aromatic carbocycles. The van der Waals surface area contributed by atoms with E-state index in [1.165, 1.54) is 30.0 Å². The largest absolute Gasteiger partial charge is 0.352 e. The minimum Gasteiger partial charge on any atom is -0.352 e. The Morgan fingerprint density at radius 3 is 2.76 bits per heavy atom. The molecule has 1 saturated carbocycles. The number of nitrogens with one attached hydrogen (secondary N) is 1. The van der Waals surface area contributed by atoms with Crippen LogP contribution in [0.25, 0.3) is 21.9 Å². The van der Waals surface area contributed by atoms with Gasteiger partial charge in [0, 0.05) is 17.8 Å². The normalized spacial score (nSPS) is 15.4. The fourth-order valence-corrected chi connectivity index (χ4v) is 3.73. The summed E-state index contributed by atoms with van der Waals surface area (Å²) < 4.78 is 1.73. The lowest BCUT2D eigenvalue weighted by Crippen LogP contribution is -2.38. The van der Waals surface area contributed by atoms with Gasteiger partial charge in [0.05, 0.1) is 6.20 Å². The van der Waals surface area contributed by atoms with Crippen LogP contribution in [0.5, 0.6) is 0 Å². The number of benzene rings is 2. The minimum absolute atomic E-state index is 0.0551. The lowest BCUT2D eigenvalue weighted by molar-refractivity contribution is -0.122. The van der Waals surface area contributed by atoms with Crippen LogP contribution in [-0.2, 0) is 11.3 Å². The molecule has 0 atom stereocenters. The molecule has 0 radical (unpaired) electrons. The number of fused-ring (bicyclic) bond motifs is 1. The van der Waals surface area contributed by atoms with Crippen molar-refractivity contribution in [3.8, 4) is 11.1 Å². The van der Waals surface area contributed by atoms with Crippen molar-refractivity contribution < 1.29 is 4.79 Å². The van der Waals surface area contributed by atoms with Gasteiger partial charge in [-0.1, -0.05) is 61.7 Å². The Bertz CT molecular complexity index is 872. The number of carbonyl (C=O) groups is 1. The predicted molar refractivity (Wildman–Crippen MR) is 100 cm³/mol. The standard InChI is InChI=1S/C21H23N3O/c25-21(23-18-9-2-1-3-10-18)15-24-14-17(13-22-24)20-12-6-8-16-7-4-5-11-19(16)20/h4-8,11-14,18H,1-3,9-10,15H2,(H,23,25). The zero-order chi connectivity index (χ0) is 17.1. The number of nitrogens with zero attached hydrogens (tertiary/aromatic N) is 2. The van der Waals surface area contributed by atoms with Gasteiger partial charge in [0.15, 0.2) is 0 Å². The topological polar surface area (TPSA) is 46.9 Å². The quantitative estimate of drug-likeness (QED) is 0.779. The highest BCUT2D eigenvalue weighted by Gasteiger charge is 2.16. The van der Waals surface area contributed by atoms with Crippen molar-refractivity contribution in [1.82, 2.24) is 15.1 Å². The molecule has 4 rings (SSSR count). The highest BCUT2D eigenvalue weighted by Crippen LogP contribution is 2.28. The Balaban J connectivity index is 1.49. The van der Waals surface area contributed by atoms with Gasteiger partial charge in [0.2, 0.25) is 5.91 Å². The van der Waals surface area contributed by atoms with E-state index in [1.54, 1.807) is 4.68 Å². The van der Waals surface area contributed by atoms with Crippen LogP contribution < -0.4 is 5.32 Å². The summed E-state index contributed by atoms with van der Waals surface area (Å²) in [5, 5.41) is 9.95. The van der Waals surface area contributed by atoms with Crippen molar-refractivity contribution >= 4 is 16.7 Å². The van der Waals surface area contributed by atoms with E-state index < -0.39 is 0 Å². The van der Waals surface area contributed by atoms with E-state index >= 15 is 0 Å². The smallest absolute Gasteiger partial charge is 0.241 e. The van der Waals surface area contributed by atoms with Gasteiger partial charge >= 0.3 is 0 Å². The third-order valence-corrected chi connectivity index (χ3v) is 5.01. The lowest BCUT2D eigenvalue weighted by Gasteiger charge is -2.22. The van der Waals surface area contributed by atoms with E-state index in [9.17, 15) is 4.79 Å². The SMILES string of the molecule is O=C(Cn1cc(-c2cccc3ccccc23)cn1)NC1CCCCC1. The zero-order valence-electron chi connectivity index (χ0n) is 14.3. The first-order valence-corrected chi connectivity index (χ1v) is 9.09. The highest BCUT2D eigenvalue weighted by molar-refractivity contribution is 5.96. The maximum Gasteiger partial charge on any atom is 0.241 e. The summed E-state index contributed by atoms with van der Waals surface area (Å²) >= 11 is 0. The van der Waals surface area contributed by atoms with Crippen LogP contribution in [0.4, 0.5) is 0 Å². The van der Waals surface area contributed by atoms with Gasteiger partial charge in [0.1, 0.15) is 6.54 Å². The van der Waals surface area contributed by atoms with E-state index in [1.807, 2.05) is 24.5 Å². The van der Waals surface area contributed by atoms with Gasteiger partial charge < -0.3 is 5.32 Å². The Morgan fingerprint density at radius 2 is 1.88 bits per heavy atom. The van der Waals surface area contributed by atoms with Crippen molar-refractivity contribution in [2.45, 2.75) is 44.7 Å². The summed E-state index contributed by atoms with van der Waals surface area (Å²) in [6.45, 7) is 0.279. The lowest BCUT2D eigenvalue weighted by atomic mass is 9.95. The summed E-state index contributed by atoms with van der Waals surface area (Å²) in [5.41, 5.74) is 2.19. The van der Waals surface area contributed by atoms with Crippen molar-refractivity contribution in [3.05, 3.63) is 54.9 Å². The summed E-state index contributed by atoms with van der Waals surface area (Å²) in [7, 11) is 0. The van der Waals surface area contributed by atoms with Gasteiger partial charge in [-0.3, -0.25) is 9.48 Å². The first kappa shape index (κ1) is 15.9. The fourth-order valence-electron chi connectivity index (χ4n) is 3.73. The summed E-state index contributed by atoms with van der Waals surface area (Å²) in [6.07, 6.45) is 9.74. The van der Waals surface area contributed by atoms with Crippen molar-refractivity contribution in [2.75, 3.05) is 0 Å². The maximum absolute atomic E-state index is 12.3. The molecule has 1 aromatic heterocycles. The second-order valence-electron chi connectivity index (χ2n) is 6.86. The van der Waals surface area contributed by atoms with E-state index in [-0.39, 0.29) is 12.5 Å². The van der Waals surface area contributed by atoms with Crippen LogP contribution in [0.1, 0.15) is 32.1 Å². The number of hydrogen-bond donors (Lipinski definition) is 1. The number of aromatic nitrogens is 2. The average Bonchev–Trinajstić information content (AvgIpc) is 3.10. The summed E-state index contributed by atoms with van der Waals surface area (Å²) in [4.78, 5) is 12.3. The number of hydrogen-bond acceptors (Lipinski definition) is 2. The van der Waals surface area contributed by atoms with E-state index in [0.717, 1.165) is 24.0 Å². The molecule has 0 saturated heterocycles. The third-order valence-electron chi connectivity index (χ3n) is 5.01. The van der Waals surface area contributed by atoms with Gasteiger partial charge in [-0.2, -0.15) is 5.10 Å². The van der Waals surface area contributed by atoms with Crippen LogP contribution >= 0.6 is 0 Å². The van der Waals surface area contributed by atoms with Gasteiger partial charge in [-0.15, -0.1) is 0 Å². The molecule has 1 aliphatic rings. The molecular formula is C21H23N3O. The Labute approximate surface area is 147 Å². The monoisotopic (exact) mass is 333 g/mol. The molecule has 0 bridgehead atoms. The molecular weight excluding hydrogens is 310 g/mol. The first-order valence-electron chi connectivity index (χ1n) is 9.09. The molecule has 1 N–H and O–H groups in total. The molecule has 1 amide bonds. The number of amides is 1. The molecule has 4 heteroatoms. The molecule has 25 heavy (non-hydrogen) atoms. The van der Waals surface area contributed by atoms with Gasteiger partial charge in [-0.05, 0) is 29.2 Å². The molecule has 0 unspecified atom stereocenters. The molecule has 3 aromatic rings. The van der Waals surface area contributed by atoms with Gasteiger partial charge in [-0.25, -0.2) is 0 Å². The number of rotatable bonds is 4. The number of carbonyl (C=O) groups excluding carboxylic acids is 1. The Hall–Kier alpha value is -2.62. The van der Waals surface area contributed by atoms with E-state index in [2.05, 4.69) is 40.7 Å². The van der Waals surface area contributed by atoms with Crippen LogP contribution in [-0.4, -0.2) is 21.7 Å². The molecule has 128 valence electrons. The van der Waals surface area contributed by atoms with Crippen LogP contribution in [0.3, 0.4) is 0 Å². The molecule has 0 aliphatic heterocycles. The zero-order valence-corrected chi connectivity index (χ0v) is 14.3. The van der Waals surface area contributed by atoms with Gasteiger partial charge in [0.25, 0.3) is 0 Å². The van der Waals surface area contributed by atoms with Crippen molar-refractivity contribution in [3.63, 3.8) is 0 Å². The molecule has 0 spiro atoms. The van der Waals surface area contributed by atoms with Crippen LogP contribution in [0.15, 0.2) is 54.9 Å². The maximum atomic E-state index is 12.3. The molecule has 1 aliphatic carbocycles. The average molecular weight is 333 g/mol. The third kappa shape index (κ3) is 3.58. The highest BCUT2D eigenvalue weighted by atomic mass is 16.2. The molecule has 4 nitrogen and oxygen atoms in total. The fraction of sp³-hybridized carbons (Fsp3) is 0.333. The summed E-state index contributed by atoms with van der Waals surface area (Å²) in [5.74, 6) is 0.0551. The predicted octanol–water partition coefficient (Wildman–Crippen LogP) is 4.15. The van der Waals surface area contributed by atoms with E-state index in [4.69, 9.17) is 0 Å². The first-order chi connectivity index (χ1) is 12.3. The molecule has 1 fully saturated rings. The van der Waals surface area contributed by atoms with Crippen LogP contribution in [0.2, 0.25) is 0 Å². The second kappa shape index (κ2) is 7.09. The second-order valence-corrected chi connectivity index (χ2v) is 6.86. The Kier molecular flexibility index (Phi) is 4.51. The summed E-state index contributed by atoms with van der Waals surface area (Å²) in [6, 6.07) is 14.9. The van der Waals surface area contributed by atoms with Crippen molar-refractivity contribution in [1.29, 1.82) is 0 Å². The van der Waals surface area contributed by atoms with Crippen LogP contribution in [0, 0.1) is 0 Å². The van der Waals surface area contributed by atoms with E-state index in [0.29, 0.717) is 6.04 Å². The minimum atomic E-state index is 0.0551. The van der Waals surface area contributed by atoms with Crippen molar-refractivity contribution in [2.24, 2.45) is 0 Å². The molecule has 1 heterocycles. The Morgan fingerprint density at radius 1 is 1.08 bits per heavy atom.